The first-order valence-electron chi connectivity index (χ1n) is 13.6. The van der Waals surface area contributed by atoms with Gasteiger partial charge in [0, 0.05) is 18.7 Å². The van der Waals surface area contributed by atoms with Gasteiger partial charge in [0.2, 0.25) is 0 Å². The number of nitrogens with zero attached hydrogens (tertiary/aromatic N) is 1. The number of alkyl halides is 3. The van der Waals surface area contributed by atoms with Gasteiger partial charge in [-0.15, -0.1) is 0 Å². The van der Waals surface area contributed by atoms with Crippen molar-refractivity contribution < 1.29 is 18.0 Å². The number of carbonyl (C=O) groups excluding carboxylic acids is 1. The minimum Gasteiger partial charge on any atom is -0.352 e. The lowest BCUT2D eigenvalue weighted by atomic mass is 9.96. The second-order valence-corrected chi connectivity index (χ2v) is 9.64. The van der Waals surface area contributed by atoms with E-state index in [1.807, 2.05) is 55.5 Å². The van der Waals surface area contributed by atoms with Gasteiger partial charge < -0.3 is 5.32 Å². The van der Waals surface area contributed by atoms with Gasteiger partial charge in [0.15, 0.2) is 0 Å². The molecule has 0 aliphatic heterocycles. The van der Waals surface area contributed by atoms with Crippen LogP contribution in [0.5, 0.6) is 0 Å². The van der Waals surface area contributed by atoms with Gasteiger partial charge in [0.05, 0.1) is 11.6 Å². The molecule has 0 aliphatic carbocycles. The summed E-state index contributed by atoms with van der Waals surface area (Å²) in [7, 11) is 0. The standard InChI is InChI=1S/C32H38F3N2O/c1-3-5-6-7-8-9-22-37-31(38)28-16-14-26(15-17-28)25-12-10-24(11-13-25)23-30(36-4-2)27-18-20-29(21-19-27)32(33,34)35/h10-21,30H,3-9,22-23H2,1-2H3,(H,37,38). The summed E-state index contributed by atoms with van der Waals surface area (Å²) in [5.74, 6) is -0.0468. The molecule has 0 aliphatic rings. The zero-order valence-electron chi connectivity index (χ0n) is 22.4. The normalized spacial score (nSPS) is 12.3. The summed E-state index contributed by atoms with van der Waals surface area (Å²) in [6, 6.07) is 20.8. The molecule has 1 unspecified atom stereocenters. The number of nitrogens with one attached hydrogen (secondary N) is 1. The molecule has 203 valence electrons. The molecule has 0 saturated carbocycles. The quantitative estimate of drug-likeness (QED) is 0.212. The molecular formula is C32H38F3N2O. The topological polar surface area (TPSA) is 43.2 Å². The third kappa shape index (κ3) is 9.02. The molecule has 1 atom stereocenters. The van der Waals surface area contributed by atoms with Crippen LogP contribution in [0.4, 0.5) is 13.2 Å². The van der Waals surface area contributed by atoms with Crippen molar-refractivity contribution in [2.75, 3.05) is 13.1 Å². The highest BCUT2D eigenvalue weighted by Gasteiger charge is 2.30. The fourth-order valence-corrected chi connectivity index (χ4v) is 4.48. The van der Waals surface area contributed by atoms with Crippen molar-refractivity contribution in [2.45, 2.75) is 71.0 Å². The number of benzene rings is 3. The van der Waals surface area contributed by atoms with Crippen LogP contribution in [-0.4, -0.2) is 19.0 Å². The Bertz CT molecular complexity index is 1110. The second-order valence-electron chi connectivity index (χ2n) is 9.64. The number of likely N-dealkylation sites (N-methyl/N-ethyl adjacent to an activating group) is 1. The molecule has 1 N–H and O–H groups in total. The third-order valence-corrected chi connectivity index (χ3v) is 6.71. The molecule has 1 amide bonds. The zero-order valence-corrected chi connectivity index (χ0v) is 22.4. The molecule has 3 aromatic rings. The smallest absolute Gasteiger partial charge is 0.352 e. The van der Waals surface area contributed by atoms with Crippen molar-refractivity contribution in [2.24, 2.45) is 0 Å². The van der Waals surface area contributed by atoms with Crippen molar-refractivity contribution in [3.63, 3.8) is 0 Å². The molecule has 0 heterocycles. The maximum Gasteiger partial charge on any atom is 0.416 e. The largest absolute Gasteiger partial charge is 0.416 e. The average molecular weight is 524 g/mol. The van der Waals surface area contributed by atoms with Crippen molar-refractivity contribution in [1.82, 2.24) is 10.6 Å². The Kier molecular flexibility index (Phi) is 11.4. The fourth-order valence-electron chi connectivity index (χ4n) is 4.48. The summed E-state index contributed by atoms with van der Waals surface area (Å²) < 4.78 is 38.8. The van der Waals surface area contributed by atoms with Gasteiger partial charge >= 0.3 is 6.18 Å². The highest BCUT2D eigenvalue weighted by Crippen LogP contribution is 2.31. The number of rotatable bonds is 14. The van der Waals surface area contributed by atoms with Crippen LogP contribution in [-0.2, 0) is 12.6 Å². The number of carbonyl (C=O) groups is 1. The van der Waals surface area contributed by atoms with E-state index < -0.39 is 11.7 Å². The van der Waals surface area contributed by atoms with Crippen LogP contribution in [0.3, 0.4) is 0 Å². The molecule has 38 heavy (non-hydrogen) atoms. The monoisotopic (exact) mass is 523 g/mol. The maximum absolute atomic E-state index is 12.9. The van der Waals surface area contributed by atoms with E-state index in [2.05, 4.69) is 17.6 Å². The fraction of sp³-hybridized carbons (Fsp3) is 0.406. The van der Waals surface area contributed by atoms with Gasteiger partial charge in [-0.1, -0.05) is 94.5 Å². The first-order chi connectivity index (χ1) is 18.3. The summed E-state index contributed by atoms with van der Waals surface area (Å²) in [6.45, 7) is 5.42. The van der Waals surface area contributed by atoms with Gasteiger partial charge in [-0.2, -0.15) is 13.2 Å². The van der Waals surface area contributed by atoms with Crippen molar-refractivity contribution in [1.29, 1.82) is 0 Å². The number of hydrogen-bond acceptors (Lipinski definition) is 1. The molecule has 6 heteroatoms. The third-order valence-electron chi connectivity index (χ3n) is 6.71. The van der Waals surface area contributed by atoms with Crippen LogP contribution in [0.15, 0.2) is 72.8 Å². The van der Waals surface area contributed by atoms with Crippen molar-refractivity contribution in [3.05, 3.63) is 95.1 Å². The van der Waals surface area contributed by atoms with E-state index in [9.17, 15) is 18.0 Å². The summed E-state index contributed by atoms with van der Waals surface area (Å²) >= 11 is 0. The molecule has 3 nitrogen and oxygen atoms in total. The van der Waals surface area contributed by atoms with Crippen LogP contribution in [0.2, 0.25) is 0 Å². The van der Waals surface area contributed by atoms with E-state index >= 15 is 0 Å². The van der Waals surface area contributed by atoms with E-state index in [1.165, 1.54) is 37.8 Å². The van der Waals surface area contributed by atoms with Gasteiger partial charge in [0.25, 0.3) is 5.91 Å². The summed E-state index contributed by atoms with van der Waals surface area (Å²) in [4.78, 5) is 12.4. The van der Waals surface area contributed by atoms with Gasteiger partial charge in [-0.3, -0.25) is 4.79 Å². The van der Waals surface area contributed by atoms with E-state index in [4.69, 9.17) is 0 Å². The lowest BCUT2D eigenvalue weighted by molar-refractivity contribution is -0.137. The van der Waals surface area contributed by atoms with Gasteiger partial charge in [-0.05, 0) is 59.4 Å². The Morgan fingerprint density at radius 2 is 1.37 bits per heavy atom. The minimum absolute atomic E-state index is 0.0468. The van der Waals surface area contributed by atoms with Crippen molar-refractivity contribution in [3.8, 4) is 11.1 Å². The lowest BCUT2D eigenvalue weighted by Crippen LogP contribution is -2.24. The van der Waals surface area contributed by atoms with Crippen LogP contribution >= 0.6 is 0 Å². The molecule has 3 rings (SSSR count). The Balaban J connectivity index is 1.55. The van der Waals surface area contributed by atoms with Crippen LogP contribution in [0, 0.1) is 0 Å². The predicted octanol–water partition coefficient (Wildman–Crippen LogP) is 8.37. The Hall–Kier alpha value is -3.12. The SMILES string of the molecule is CCCCCCCCNC(=O)c1ccc(-c2ccc(CC([N]CC)c3ccc(C(F)(F)F)cc3)cc2)cc1. The molecule has 0 fully saturated rings. The summed E-state index contributed by atoms with van der Waals surface area (Å²) in [6.07, 6.45) is 3.41. The van der Waals surface area contributed by atoms with E-state index in [-0.39, 0.29) is 11.9 Å². The summed E-state index contributed by atoms with van der Waals surface area (Å²) in [5.41, 5.74) is 3.88. The first-order valence-corrected chi connectivity index (χ1v) is 13.6. The summed E-state index contributed by atoms with van der Waals surface area (Å²) in [5, 5.41) is 7.62. The highest BCUT2D eigenvalue weighted by molar-refractivity contribution is 5.94. The Labute approximate surface area is 224 Å². The molecular weight excluding hydrogens is 485 g/mol. The van der Waals surface area contributed by atoms with Crippen LogP contribution in [0.1, 0.15) is 85.5 Å². The zero-order chi connectivity index (χ0) is 27.4. The molecule has 0 spiro atoms. The van der Waals surface area contributed by atoms with Crippen LogP contribution < -0.4 is 10.6 Å². The number of unbranched alkanes of at least 4 members (excludes halogenated alkanes) is 5. The average Bonchev–Trinajstić information content (AvgIpc) is 2.92. The lowest BCUT2D eigenvalue weighted by Gasteiger charge is -2.18. The molecule has 1 radical (unpaired) electrons. The predicted molar refractivity (Wildman–Crippen MR) is 148 cm³/mol. The molecule has 0 saturated heterocycles. The first kappa shape index (κ1) is 29.4. The number of hydrogen-bond donors (Lipinski definition) is 1. The molecule has 0 bridgehead atoms. The molecule has 0 aromatic heterocycles. The van der Waals surface area contributed by atoms with E-state index in [0.717, 1.165) is 47.2 Å². The van der Waals surface area contributed by atoms with Gasteiger partial charge in [0.1, 0.15) is 0 Å². The molecule has 3 aromatic carbocycles. The van der Waals surface area contributed by atoms with E-state index in [0.29, 0.717) is 25.1 Å². The Morgan fingerprint density at radius 1 is 0.789 bits per heavy atom. The number of halogens is 3. The van der Waals surface area contributed by atoms with Gasteiger partial charge in [-0.25, -0.2) is 5.32 Å². The van der Waals surface area contributed by atoms with Crippen molar-refractivity contribution >= 4 is 5.91 Å². The van der Waals surface area contributed by atoms with E-state index in [1.54, 1.807) is 0 Å². The second kappa shape index (κ2) is 14.7. The maximum atomic E-state index is 12.9. The Morgan fingerprint density at radius 3 is 1.95 bits per heavy atom. The van der Waals surface area contributed by atoms with Crippen LogP contribution in [0.25, 0.3) is 11.1 Å². The highest BCUT2D eigenvalue weighted by atomic mass is 19.4. The minimum atomic E-state index is -4.35. The number of amides is 1.